The van der Waals surface area contributed by atoms with Gasteiger partial charge in [-0.05, 0) is 29.8 Å². The Morgan fingerprint density at radius 2 is 1.97 bits per heavy atom. The molecule has 0 aliphatic carbocycles. The molecule has 3 aliphatic heterocycles. The Morgan fingerprint density at radius 3 is 2.69 bits per heavy atom. The first-order valence-electron chi connectivity index (χ1n) is 9.75. The third kappa shape index (κ3) is 2.83. The van der Waals surface area contributed by atoms with Crippen molar-refractivity contribution in [2.45, 2.75) is 18.2 Å². The number of nitrogens with one attached hydrogen (secondary N) is 1. The summed E-state index contributed by atoms with van der Waals surface area (Å²) in [5, 5.41) is 2.99. The molecule has 6 heteroatoms. The van der Waals surface area contributed by atoms with Gasteiger partial charge in [-0.1, -0.05) is 42.5 Å². The van der Waals surface area contributed by atoms with Crippen molar-refractivity contribution >= 4 is 17.5 Å². The van der Waals surface area contributed by atoms with Crippen LogP contribution in [0.1, 0.15) is 5.56 Å². The van der Waals surface area contributed by atoms with E-state index in [-0.39, 0.29) is 17.9 Å². The number of carbonyl (C=O) groups excluding carboxylic acids is 2. The topological polar surface area (TPSA) is 67.9 Å². The maximum absolute atomic E-state index is 13.3. The molecule has 29 heavy (non-hydrogen) atoms. The van der Waals surface area contributed by atoms with Crippen LogP contribution in [-0.4, -0.2) is 37.2 Å². The number of nitrogens with zero attached hydrogens (tertiary/aromatic N) is 1. The van der Waals surface area contributed by atoms with Gasteiger partial charge in [-0.2, -0.15) is 0 Å². The summed E-state index contributed by atoms with van der Waals surface area (Å²) in [5.41, 5.74) is 1.08. The molecular formula is C23H22N2O4. The largest absolute Gasteiger partial charge is 0.497 e. The molecule has 1 spiro atoms. The summed E-state index contributed by atoms with van der Waals surface area (Å²) < 4.78 is 11.4. The van der Waals surface area contributed by atoms with E-state index in [0.717, 1.165) is 17.0 Å². The third-order valence-electron chi connectivity index (χ3n) is 6.10. The molecular weight excluding hydrogens is 368 g/mol. The molecule has 5 rings (SSSR count). The molecule has 0 unspecified atom stereocenters. The molecule has 2 aromatic rings. The number of fused-ring (bicyclic) bond motifs is 1. The predicted octanol–water partition coefficient (Wildman–Crippen LogP) is 2.30. The molecule has 2 bridgehead atoms. The average Bonchev–Trinajstić information content (AvgIpc) is 3.41. The fourth-order valence-corrected chi connectivity index (χ4v) is 4.68. The smallest absolute Gasteiger partial charge is 0.234 e. The molecule has 4 atom stereocenters. The lowest BCUT2D eigenvalue weighted by molar-refractivity contribution is -0.132. The van der Waals surface area contributed by atoms with Crippen LogP contribution in [-0.2, 0) is 20.9 Å². The summed E-state index contributed by atoms with van der Waals surface area (Å²) >= 11 is 0. The molecule has 2 saturated heterocycles. The van der Waals surface area contributed by atoms with Crippen molar-refractivity contribution in [2.75, 3.05) is 18.6 Å². The van der Waals surface area contributed by atoms with Gasteiger partial charge in [0.1, 0.15) is 11.4 Å². The van der Waals surface area contributed by atoms with Crippen LogP contribution >= 0.6 is 0 Å². The van der Waals surface area contributed by atoms with Crippen molar-refractivity contribution in [2.24, 2.45) is 11.8 Å². The van der Waals surface area contributed by atoms with E-state index in [4.69, 9.17) is 9.47 Å². The summed E-state index contributed by atoms with van der Waals surface area (Å²) in [6.45, 7) is 0.848. The first kappa shape index (κ1) is 17.9. The highest BCUT2D eigenvalue weighted by Gasteiger charge is 2.67. The molecule has 2 aromatic carbocycles. The van der Waals surface area contributed by atoms with Crippen LogP contribution in [0.2, 0.25) is 0 Å². The van der Waals surface area contributed by atoms with Crippen LogP contribution < -0.4 is 15.0 Å². The molecule has 0 radical (unpaired) electrons. The quantitative estimate of drug-likeness (QED) is 0.796. The highest BCUT2D eigenvalue weighted by Crippen LogP contribution is 2.52. The fraction of sp³-hybridized carbons (Fsp3) is 0.304. The van der Waals surface area contributed by atoms with Crippen LogP contribution in [0.15, 0.2) is 66.7 Å². The Labute approximate surface area is 169 Å². The Balaban J connectivity index is 1.37. The number of hydrogen-bond acceptors (Lipinski definition) is 4. The summed E-state index contributed by atoms with van der Waals surface area (Å²) in [6, 6.07) is 17.1. The van der Waals surface area contributed by atoms with Gasteiger partial charge in [0.15, 0.2) is 0 Å². The molecule has 6 nitrogen and oxygen atoms in total. The normalized spacial score (nSPS) is 29.2. The van der Waals surface area contributed by atoms with Gasteiger partial charge in [0.05, 0.1) is 31.6 Å². The van der Waals surface area contributed by atoms with Crippen molar-refractivity contribution in [3.05, 3.63) is 72.3 Å². The zero-order valence-electron chi connectivity index (χ0n) is 16.1. The molecule has 1 N–H and O–H groups in total. The van der Waals surface area contributed by atoms with Crippen molar-refractivity contribution in [1.29, 1.82) is 0 Å². The van der Waals surface area contributed by atoms with E-state index >= 15 is 0 Å². The number of rotatable bonds is 5. The van der Waals surface area contributed by atoms with Gasteiger partial charge in [0.2, 0.25) is 11.8 Å². The molecule has 2 amide bonds. The third-order valence-corrected chi connectivity index (χ3v) is 6.10. The van der Waals surface area contributed by atoms with Crippen LogP contribution in [0.25, 0.3) is 0 Å². The fourth-order valence-electron chi connectivity index (χ4n) is 4.68. The number of benzene rings is 2. The van der Waals surface area contributed by atoms with E-state index < -0.39 is 17.4 Å². The Morgan fingerprint density at radius 1 is 1.21 bits per heavy atom. The van der Waals surface area contributed by atoms with Gasteiger partial charge in [0.25, 0.3) is 0 Å². The SMILES string of the molecule is COc1ccc(N2C[C@]34C=C[C@@H](O3)[C@H](C(=O)NCc3ccccc3)[C@H]4C2=O)cc1. The number of amides is 2. The number of anilines is 1. The lowest BCUT2D eigenvalue weighted by atomic mass is 9.77. The number of ether oxygens (including phenoxy) is 2. The van der Waals surface area contributed by atoms with Gasteiger partial charge in [-0.15, -0.1) is 0 Å². The van der Waals surface area contributed by atoms with Crippen LogP contribution in [0.3, 0.4) is 0 Å². The summed E-state index contributed by atoms with van der Waals surface area (Å²) in [4.78, 5) is 28.0. The van der Waals surface area contributed by atoms with Gasteiger partial charge < -0.3 is 19.7 Å². The zero-order valence-corrected chi connectivity index (χ0v) is 16.1. The Bertz CT molecular complexity index is 972. The Kier molecular flexibility index (Phi) is 4.17. The molecule has 0 aromatic heterocycles. The van der Waals surface area contributed by atoms with Crippen LogP contribution in [0.4, 0.5) is 5.69 Å². The van der Waals surface area contributed by atoms with E-state index in [1.165, 1.54) is 0 Å². The van der Waals surface area contributed by atoms with Gasteiger partial charge >= 0.3 is 0 Å². The summed E-state index contributed by atoms with van der Waals surface area (Å²) in [5.74, 6) is -0.495. The van der Waals surface area contributed by atoms with E-state index in [2.05, 4.69) is 5.32 Å². The average molecular weight is 390 g/mol. The lowest BCUT2D eigenvalue weighted by Gasteiger charge is -2.23. The zero-order chi connectivity index (χ0) is 20.0. The molecule has 2 fully saturated rings. The monoisotopic (exact) mass is 390 g/mol. The minimum absolute atomic E-state index is 0.0677. The standard InChI is InChI=1S/C23H22N2O4/c1-28-17-9-7-16(8-10-17)25-14-23-12-11-18(29-23)19(20(23)22(25)27)21(26)24-13-15-5-3-2-4-6-15/h2-12,18-20H,13-14H2,1H3,(H,24,26)/t18-,19+,20+,23+/m1/s1. The minimum Gasteiger partial charge on any atom is -0.497 e. The highest BCUT2D eigenvalue weighted by atomic mass is 16.5. The van der Waals surface area contributed by atoms with E-state index in [0.29, 0.717) is 13.1 Å². The number of hydrogen-bond donors (Lipinski definition) is 1. The van der Waals surface area contributed by atoms with Crippen molar-refractivity contribution in [1.82, 2.24) is 5.32 Å². The maximum Gasteiger partial charge on any atom is 0.234 e. The van der Waals surface area contributed by atoms with Crippen molar-refractivity contribution < 1.29 is 19.1 Å². The van der Waals surface area contributed by atoms with Gasteiger partial charge in [-0.25, -0.2) is 0 Å². The summed E-state index contributed by atoms with van der Waals surface area (Å²) in [7, 11) is 1.61. The molecule has 3 aliphatic rings. The van der Waals surface area contributed by atoms with Crippen LogP contribution in [0.5, 0.6) is 5.75 Å². The molecule has 0 saturated carbocycles. The number of methoxy groups -OCH3 is 1. The lowest BCUT2D eigenvalue weighted by Crippen LogP contribution is -2.43. The van der Waals surface area contributed by atoms with Crippen molar-refractivity contribution in [3.8, 4) is 5.75 Å². The Hall–Kier alpha value is -3.12. The summed E-state index contributed by atoms with van der Waals surface area (Å²) in [6.07, 6.45) is 3.54. The van der Waals surface area contributed by atoms with Gasteiger partial charge in [-0.3, -0.25) is 9.59 Å². The minimum atomic E-state index is -0.726. The van der Waals surface area contributed by atoms with Crippen molar-refractivity contribution in [3.63, 3.8) is 0 Å². The van der Waals surface area contributed by atoms with E-state index in [9.17, 15) is 9.59 Å². The molecule has 3 heterocycles. The second-order valence-corrected chi connectivity index (χ2v) is 7.73. The van der Waals surface area contributed by atoms with E-state index in [1.807, 2.05) is 66.7 Å². The maximum atomic E-state index is 13.3. The number of carbonyl (C=O) groups is 2. The van der Waals surface area contributed by atoms with Gasteiger partial charge in [0, 0.05) is 12.2 Å². The van der Waals surface area contributed by atoms with Crippen LogP contribution in [0, 0.1) is 11.8 Å². The first-order valence-corrected chi connectivity index (χ1v) is 9.75. The second kappa shape index (κ2) is 6.74. The first-order chi connectivity index (χ1) is 14.1. The van der Waals surface area contributed by atoms with E-state index in [1.54, 1.807) is 12.0 Å². The second-order valence-electron chi connectivity index (χ2n) is 7.73. The molecule has 148 valence electrons. The predicted molar refractivity (Wildman–Crippen MR) is 107 cm³/mol. The highest BCUT2D eigenvalue weighted by molar-refractivity contribution is 6.03.